The molecule has 3 N–H and O–H groups in total. The average Bonchev–Trinajstić information content (AvgIpc) is 2.58. The summed E-state index contributed by atoms with van der Waals surface area (Å²) >= 11 is 1.44. The Labute approximate surface area is 96.4 Å². The summed E-state index contributed by atoms with van der Waals surface area (Å²) < 4.78 is 5.29. The lowest BCUT2D eigenvalue weighted by molar-refractivity contribution is 0.0660. The van der Waals surface area contributed by atoms with Gasteiger partial charge in [-0.2, -0.15) is 0 Å². The third-order valence-corrected chi connectivity index (χ3v) is 3.13. The van der Waals surface area contributed by atoms with E-state index in [9.17, 15) is 4.79 Å². The number of thioether (sulfide) groups is 1. The largest absolute Gasteiger partial charge is 0.475 e. The quantitative estimate of drug-likeness (QED) is 0.634. The number of hydrogen-bond acceptors (Lipinski definition) is 4. The molecular weight excluding hydrogens is 226 g/mol. The lowest BCUT2D eigenvalue weighted by Gasteiger charge is -1.97. The van der Waals surface area contributed by atoms with Crippen LogP contribution < -0.4 is 5.73 Å². The van der Waals surface area contributed by atoms with Crippen molar-refractivity contribution in [3.8, 4) is 0 Å². The van der Waals surface area contributed by atoms with Crippen molar-refractivity contribution in [1.29, 1.82) is 0 Å². The molecule has 1 aromatic carbocycles. The second-order valence-electron chi connectivity index (χ2n) is 3.25. The molecule has 0 spiro atoms. The maximum absolute atomic E-state index is 11.0. The van der Waals surface area contributed by atoms with Crippen LogP contribution in [0.2, 0.25) is 0 Å². The Morgan fingerprint density at radius 2 is 2.31 bits per heavy atom. The van der Waals surface area contributed by atoms with E-state index >= 15 is 0 Å². The van der Waals surface area contributed by atoms with Crippen LogP contribution in [0, 0.1) is 0 Å². The minimum absolute atomic E-state index is 0.00699. The number of nitrogens with two attached hydrogens (primary N) is 1. The predicted octanol–water partition coefficient (Wildman–Crippen LogP) is 2.83. The van der Waals surface area contributed by atoms with Gasteiger partial charge in [-0.25, -0.2) is 4.79 Å². The third-order valence-electron chi connectivity index (χ3n) is 2.15. The molecule has 0 aliphatic rings. The Bertz CT molecular complexity index is 547. The first-order chi connectivity index (χ1) is 7.63. The highest BCUT2D eigenvalue weighted by Crippen LogP contribution is 2.35. The van der Waals surface area contributed by atoms with Crippen LogP contribution in [0.25, 0.3) is 11.0 Å². The van der Waals surface area contributed by atoms with E-state index in [4.69, 9.17) is 15.3 Å². The van der Waals surface area contributed by atoms with E-state index < -0.39 is 5.97 Å². The molecule has 2 rings (SSSR count). The zero-order chi connectivity index (χ0) is 11.7. The van der Waals surface area contributed by atoms with Gasteiger partial charge in [-0.1, -0.05) is 6.92 Å². The van der Waals surface area contributed by atoms with Gasteiger partial charge in [0, 0.05) is 11.1 Å². The molecule has 0 saturated carbocycles. The van der Waals surface area contributed by atoms with Crippen LogP contribution in [-0.2, 0) is 0 Å². The van der Waals surface area contributed by atoms with E-state index in [2.05, 4.69) is 0 Å². The number of carboxylic acids is 1. The van der Waals surface area contributed by atoms with Gasteiger partial charge >= 0.3 is 5.97 Å². The van der Waals surface area contributed by atoms with Gasteiger partial charge in [0.25, 0.3) is 0 Å². The van der Waals surface area contributed by atoms with Gasteiger partial charge in [-0.3, -0.25) is 0 Å². The number of carbonyl (C=O) groups is 1. The van der Waals surface area contributed by atoms with E-state index in [1.807, 2.05) is 6.92 Å². The number of anilines is 1. The first kappa shape index (κ1) is 10.9. The minimum Gasteiger partial charge on any atom is -0.475 e. The number of benzene rings is 1. The predicted molar refractivity (Wildman–Crippen MR) is 64.0 cm³/mol. The number of nitrogen functional groups attached to an aromatic ring is 1. The summed E-state index contributed by atoms with van der Waals surface area (Å²) in [5.41, 5.74) is 6.83. The number of hydrogen-bond donors (Lipinski definition) is 2. The van der Waals surface area contributed by atoms with Crippen LogP contribution in [0.1, 0.15) is 17.5 Å². The summed E-state index contributed by atoms with van der Waals surface area (Å²) in [6.45, 7) is 1.96. The smallest absolute Gasteiger partial charge is 0.373 e. The molecule has 4 nitrogen and oxygen atoms in total. The SMILES string of the molecule is CCSc1c(C(=O)O)oc2ccc(N)cc12. The number of fused-ring (bicyclic) bond motifs is 1. The fourth-order valence-electron chi connectivity index (χ4n) is 1.52. The average molecular weight is 237 g/mol. The van der Waals surface area contributed by atoms with Crippen LogP contribution in [0.15, 0.2) is 27.5 Å². The minimum atomic E-state index is -1.05. The Morgan fingerprint density at radius 1 is 1.56 bits per heavy atom. The van der Waals surface area contributed by atoms with E-state index in [0.717, 1.165) is 11.1 Å². The van der Waals surface area contributed by atoms with E-state index in [0.29, 0.717) is 16.2 Å². The summed E-state index contributed by atoms with van der Waals surface area (Å²) in [6, 6.07) is 5.12. The fraction of sp³-hybridized carbons (Fsp3) is 0.182. The fourth-order valence-corrected chi connectivity index (χ4v) is 2.38. The van der Waals surface area contributed by atoms with Crippen molar-refractivity contribution in [2.45, 2.75) is 11.8 Å². The zero-order valence-corrected chi connectivity index (χ0v) is 9.50. The molecule has 1 heterocycles. The summed E-state index contributed by atoms with van der Waals surface area (Å²) in [4.78, 5) is 11.7. The van der Waals surface area contributed by atoms with Crippen molar-refractivity contribution in [1.82, 2.24) is 0 Å². The molecule has 84 valence electrons. The molecule has 0 amide bonds. The number of carboxylic acid groups (broad SMARTS) is 1. The molecule has 0 bridgehead atoms. The lowest BCUT2D eigenvalue weighted by atomic mass is 10.2. The molecule has 0 unspecified atom stereocenters. The van der Waals surface area contributed by atoms with Crippen molar-refractivity contribution in [3.63, 3.8) is 0 Å². The van der Waals surface area contributed by atoms with Gasteiger partial charge < -0.3 is 15.3 Å². The van der Waals surface area contributed by atoms with Gasteiger partial charge in [0.1, 0.15) is 5.58 Å². The normalized spacial score (nSPS) is 10.8. The van der Waals surface area contributed by atoms with Gasteiger partial charge in [-0.15, -0.1) is 11.8 Å². The Hall–Kier alpha value is -1.62. The molecule has 1 aromatic heterocycles. The second-order valence-corrected chi connectivity index (χ2v) is 4.53. The van der Waals surface area contributed by atoms with Crippen LogP contribution in [0.4, 0.5) is 5.69 Å². The first-order valence-electron chi connectivity index (χ1n) is 4.81. The van der Waals surface area contributed by atoms with Gasteiger partial charge in [0.2, 0.25) is 5.76 Å². The van der Waals surface area contributed by atoms with E-state index in [1.54, 1.807) is 18.2 Å². The molecule has 0 atom stereocenters. The third kappa shape index (κ3) is 1.74. The van der Waals surface area contributed by atoms with E-state index in [-0.39, 0.29) is 5.76 Å². The molecule has 5 heteroatoms. The van der Waals surface area contributed by atoms with Gasteiger partial charge in [-0.05, 0) is 24.0 Å². The first-order valence-corrected chi connectivity index (χ1v) is 5.80. The Kier molecular flexibility index (Phi) is 2.78. The maximum atomic E-state index is 11.0. The molecule has 0 aliphatic carbocycles. The van der Waals surface area contributed by atoms with Crippen molar-refractivity contribution in [2.75, 3.05) is 11.5 Å². The molecule has 0 aliphatic heterocycles. The standard InChI is InChI=1S/C11H11NO3S/c1-2-16-10-7-5-6(12)3-4-8(7)15-9(10)11(13)14/h3-5H,2,12H2,1H3,(H,13,14). The Morgan fingerprint density at radius 3 is 2.94 bits per heavy atom. The van der Waals surface area contributed by atoms with Crippen LogP contribution >= 0.6 is 11.8 Å². The van der Waals surface area contributed by atoms with Crippen molar-refractivity contribution < 1.29 is 14.3 Å². The van der Waals surface area contributed by atoms with Crippen LogP contribution in [0.3, 0.4) is 0 Å². The zero-order valence-electron chi connectivity index (χ0n) is 8.69. The summed E-state index contributed by atoms with van der Waals surface area (Å²) in [5.74, 6) is -0.276. The van der Waals surface area contributed by atoms with E-state index in [1.165, 1.54) is 11.8 Å². The molecular formula is C11H11NO3S. The summed E-state index contributed by atoms with van der Waals surface area (Å²) in [7, 11) is 0. The Balaban J connectivity index is 2.71. The topological polar surface area (TPSA) is 76.5 Å². The van der Waals surface area contributed by atoms with Crippen molar-refractivity contribution in [3.05, 3.63) is 24.0 Å². The molecule has 0 saturated heterocycles. The monoisotopic (exact) mass is 237 g/mol. The highest BCUT2D eigenvalue weighted by Gasteiger charge is 2.19. The molecule has 16 heavy (non-hydrogen) atoms. The molecule has 0 radical (unpaired) electrons. The van der Waals surface area contributed by atoms with Crippen molar-refractivity contribution in [2.24, 2.45) is 0 Å². The summed E-state index contributed by atoms with van der Waals surface area (Å²) in [5, 5.41) is 9.79. The summed E-state index contributed by atoms with van der Waals surface area (Å²) in [6.07, 6.45) is 0. The van der Waals surface area contributed by atoms with Crippen LogP contribution in [0.5, 0.6) is 0 Å². The van der Waals surface area contributed by atoms with Gasteiger partial charge in [0.15, 0.2) is 0 Å². The van der Waals surface area contributed by atoms with Gasteiger partial charge in [0.05, 0.1) is 4.90 Å². The molecule has 2 aromatic rings. The number of rotatable bonds is 3. The van der Waals surface area contributed by atoms with Crippen LogP contribution in [-0.4, -0.2) is 16.8 Å². The lowest BCUT2D eigenvalue weighted by Crippen LogP contribution is -1.95. The molecule has 0 fully saturated rings. The number of aromatic carboxylic acids is 1. The number of furan rings is 1. The highest BCUT2D eigenvalue weighted by molar-refractivity contribution is 7.99. The highest BCUT2D eigenvalue weighted by atomic mass is 32.2. The van der Waals surface area contributed by atoms with Crippen molar-refractivity contribution >= 4 is 34.4 Å². The maximum Gasteiger partial charge on any atom is 0.373 e. The second kappa shape index (κ2) is 4.09.